The fourth-order valence-electron chi connectivity index (χ4n) is 3.33. The first-order valence-electron chi connectivity index (χ1n) is 7.94. The molecule has 5 nitrogen and oxygen atoms in total. The number of piperidine rings is 1. The van der Waals surface area contributed by atoms with E-state index in [1.54, 1.807) is 19.4 Å². The highest BCUT2D eigenvalue weighted by Gasteiger charge is 2.35. The van der Waals surface area contributed by atoms with Crippen molar-refractivity contribution >= 4 is 5.91 Å². The molecular formula is C18H21N3O2. The topological polar surface area (TPSA) is 55.3 Å². The van der Waals surface area contributed by atoms with Crippen LogP contribution in [0.5, 0.6) is 5.75 Å². The maximum atomic E-state index is 13.0. The summed E-state index contributed by atoms with van der Waals surface area (Å²) < 4.78 is 5.50. The lowest BCUT2D eigenvalue weighted by atomic mass is 9.90. The van der Waals surface area contributed by atoms with Gasteiger partial charge < -0.3 is 9.64 Å². The van der Waals surface area contributed by atoms with Gasteiger partial charge in [0.1, 0.15) is 17.8 Å². The van der Waals surface area contributed by atoms with Gasteiger partial charge in [-0.2, -0.15) is 0 Å². The van der Waals surface area contributed by atoms with Crippen LogP contribution in [0.4, 0.5) is 0 Å². The van der Waals surface area contributed by atoms with E-state index in [0.29, 0.717) is 5.69 Å². The highest BCUT2D eigenvalue weighted by Crippen LogP contribution is 2.39. The van der Waals surface area contributed by atoms with Crippen molar-refractivity contribution in [3.8, 4) is 5.75 Å². The van der Waals surface area contributed by atoms with Gasteiger partial charge in [-0.05, 0) is 38.3 Å². The molecule has 0 unspecified atom stereocenters. The molecule has 0 saturated carbocycles. The van der Waals surface area contributed by atoms with Crippen LogP contribution >= 0.6 is 0 Å². The summed E-state index contributed by atoms with van der Waals surface area (Å²) in [5.74, 6) is 0.780. The second-order valence-corrected chi connectivity index (χ2v) is 5.84. The summed E-state index contributed by atoms with van der Waals surface area (Å²) in [5.41, 5.74) is 1.50. The number of hydrogen-bond donors (Lipinski definition) is 0. The predicted molar refractivity (Wildman–Crippen MR) is 87.2 cm³/mol. The minimum Gasteiger partial charge on any atom is -0.496 e. The highest BCUT2D eigenvalue weighted by atomic mass is 16.5. The molecule has 0 radical (unpaired) electrons. The lowest BCUT2D eigenvalue weighted by molar-refractivity contribution is 0.0467. The third-order valence-electron chi connectivity index (χ3n) is 4.44. The van der Waals surface area contributed by atoms with Gasteiger partial charge in [0, 0.05) is 17.8 Å². The molecule has 2 heterocycles. The van der Waals surface area contributed by atoms with E-state index in [9.17, 15) is 4.79 Å². The average molecular weight is 311 g/mol. The van der Waals surface area contributed by atoms with Crippen LogP contribution in [0.2, 0.25) is 0 Å². The number of likely N-dealkylation sites (tertiary alicyclic amines) is 1. The second-order valence-electron chi connectivity index (χ2n) is 5.84. The monoisotopic (exact) mass is 311 g/mol. The third kappa shape index (κ3) is 3.04. The average Bonchev–Trinajstić information content (AvgIpc) is 2.61. The van der Waals surface area contributed by atoms with Crippen LogP contribution in [-0.2, 0) is 0 Å². The first-order valence-corrected chi connectivity index (χ1v) is 7.94. The molecule has 120 valence electrons. The summed E-state index contributed by atoms with van der Waals surface area (Å²) in [6.07, 6.45) is 6.05. The lowest BCUT2D eigenvalue weighted by Crippen LogP contribution is -2.44. The second kappa shape index (κ2) is 6.77. The molecule has 2 atom stereocenters. The Hall–Kier alpha value is -2.43. The van der Waals surface area contributed by atoms with Gasteiger partial charge in [-0.25, -0.2) is 9.97 Å². The quantitative estimate of drug-likeness (QED) is 0.873. The molecule has 1 aliphatic rings. The standard InChI is InChI=1S/C18H21N3O2/c1-13-6-5-8-16(14-7-3-4-9-17(14)23-2)21(13)18(22)15-10-11-19-12-20-15/h3-4,7,9-13,16H,5-6,8H2,1-2H3/t13-,16-/m1/s1. The van der Waals surface area contributed by atoms with Gasteiger partial charge in [-0.3, -0.25) is 4.79 Å². The molecule has 1 amide bonds. The van der Waals surface area contributed by atoms with Gasteiger partial charge in [-0.1, -0.05) is 18.2 Å². The molecule has 3 rings (SSSR count). The van der Waals surface area contributed by atoms with Gasteiger partial charge in [0.05, 0.1) is 13.2 Å². The number of carbonyl (C=O) groups excluding carboxylic acids is 1. The van der Waals surface area contributed by atoms with E-state index in [-0.39, 0.29) is 18.0 Å². The Bertz CT molecular complexity index is 675. The smallest absolute Gasteiger partial charge is 0.273 e. The molecule has 1 aromatic carbocycles. The van der Waals surface area contributed by atoms with E-state index < -0.39 is 0 Å². The molecule has 1 saturated heterocycles. The van der Waals surface area contributed by atoms with Crippen LogP contribution in [0.1, 0.15) is 48.3 Å². The minimum absolute atomic E-state index is 0.0114. The van der Waals surface area contributed by atoms with Crippen LogP contribution < -0.4 is 4.74 Å². The Morgan fingerprint density at radius 1 is 1.26 bits per heavy atom. The molecule has 23 heavy (non-hydrogen) atoms. The van der Waals surface area contributed by atoms with Crippen molar-refractivity contribution in [3.05, 3.63) is 54.1 Å². The molecule has 0 bridgehead atoms. The van der Waals surface area contributed by atoms with Crippen LogP contribution in [0, 0.1) is 0 Å². The third-order valence-corrected chi connectivity index (χ3v) is 4.44. The predicted octanol–water partition coefficient (Wildman–Crippen LogP) is 3.24. The van der Waals surface area contributed by atoms with Crippen LogP contribution in [0.3, 0.4) is 0 Å². The minimum atomic E-state index is -0.0458. The van der Waals surface area contributed by atoms with Gasteiger partial charge in [0.2, 0.25) is 0 Å². The number of rotatable bonds is 3. The van der Waals surface area contributed by atoms with Crippen LogP contribution in [0.15, 0.2) is 42.9 Å². The normalized spacial score (nSPS) is 21.0. The number of benzene rings is 1. The van der Waals surface area contributed by atoms with Gasteiger partial charge in [-0.15, -0.1) is 0 Å². The van der Waals surface area contributed by atoms with Gasteiger partial charge in [0.25, 0.3) is 5.91 Å². The Balaban J connectivity index is 1.99. The number of para-hydroxylation sites is 1. The van der Waals surface area contributed by atoms with Crippen molar-refractivity contribution in [2.24, 2.45) is 0 Å². The zero-order valence-electron chi connectivity index (χ0n) is 13.5. The molecular weight excluding hydrogens is 290 g/mol. The fraction of sp³-hybridized carbons (Fsp3) is 0.389. The zero-order valence-corrected chi connectivity index (χ0v) is 13.5. The van der Waals surface area contributed by atoms with E-state index in [0.717, 1.165) is 30.6 Å². The SMILES string of the molecule is COc1ccccc1[C@H]1CCC[C@@H](C)N1C(=O)c1ccncn1. The summed E-state index contributed by atoms with van der Waals surface area (Å²) in [6, 6.07) is 9.78. The van der Waals surface area contributed by atoms with E-state index in [4.69, 9.17) is 4.74 Å². The summed E-state index contributed by atoms with van der Waals surface area (Å²) in [4.78, 5) is 23.0. The summed E-state index contributed by atoms with van der Waals surface area (Å²) in [5, 5.41) is 0. The van der Waals surface area contributed by atoms with Crippen molar-refractivity contribution in [1.82, 2.24) is 14.9 Å². The summed E-state index contributed by atoms with van der Waals surface area (Å²) in [6.45, 7) is 2.10. The Kier molecular flexibility index (Phi) is 4.55. The molecule has 0 aliphatic carbocycles. The van der Waals surface area contributed by atoms with Crippen molar-refractivity contribution in [1.29, 1.82) is 0 Å². The van der Waals surface area contributed by atoms with Crippen LogP contribution in [0.25, 0.3) is 0 Å². The Labute approximate surface area is 136 Å². The molecule has 5 heteroatoms. The van der Waals surface area contributed by atoms with E-state index >= 15 is 0 Å². The maximum Gasteiger partial charge on any atom is 0.273 e. The number of ether oxygens (including phenoxy) is 1. The van der Waals surface area contributed by atoms with Crippen molar-refractivity contribution in [2.45, 2.75) is 38.3 Å². The number of hydrogen-bond acceptors (Lipinski definition) is 4. The number of methoxy groups -OCH3 is 1. The number of carbonyl (C=O) groups is 1. The number of nitrogens with zero attached hydrogens (tertiary/aromatic N) is 3. The molecule has 1 aromatic heterocycles. The van der Waals surface area contributed by atoms with E-state index in [1.807, 2.05) is 29.2 Å². The molecule has 0 N–H and O–H groups in total. The Morgan fingerprint density at radius 2 is 2.09 bits per heavy atom. The lowest BCUT2D eigenvalue weighted by Gasteiger charge is -2.41. The zero-order chi connectivity index (χ0) is 16.2. The molecule has 0 spiro atoms. The number of aromatic nitrogens is 2. The summed E-state index contributed by atoms with van der Waals surface area (Å²) in [7, 11) is 1.67. The fourth-order valence-corrected chi connectivity index (χ4v) is 3.33. The van der Waals surface area contributed by atoms with E-state index in [2.05, 4.69) is 16.9 Å². The molecule has 1 fully saturated rings. The largest absolute Gasteiger partial charge is 0.496 e. The Morgan fingerprint density at radius 3 is 2.83 bits per heavy atom. The van der Waals surface area contributed by atoms with Crippen molar-refractivity contribution in [3.63, 3.8) is 0 Å². The molecule has 2 aromatic rings. The summed E-state index contributed by atoms with van der Waals surface area (Å²) >= 11 is 0. The van der Waals surface area contributed by atoms with Gasteiger partial charge in [0.15, 0.2) is 0 Å². The first kappa shape index (κ1) is 15.5. The van der Waals surface area contributed by atoms with Crippen molar-refractivity contribution in [2.75, 3.05) is 7.11 Å². The first-order chi connectivity index (χ1) is 11.2. The maximum absolute atomic E-state index is 13.0. The van der Waals surface area contributed by atoms with E-state index in [1.165, 1.54) is 6.33 Å². The van der Waals surface area contributed by atoms with Crippen LogP contribution in [-0.4, -0.2) is 33.9 Å². The van der Waals surface area contributed by atoms with Crippen molar-refractivity contribution < 1.29 is 9.53 Å². The van der Waals surface area contributed by atoms with Gasteiger partial charge >= 0.3 is 0 Å². The molecule has 1 aliphatic heterocycles. The highest BCUT2D eigenvalue weighted by molar-refractivity contribution is 5.92. The number of amides is 1.